The summed E-state index contributed by atoms with van der Waals surface area (Å²) in [6.07, 6.45) is 0.683. The molecule has 0 spiro atoms. The zero-order valence-electron chi connectivity index (χ0n) is 17.9. The summed E-state index contributed by atoms with van der Waals surface area (Å²) in [6.45, 7) is 8.91. The van der Waals surface area contributed by atoms with Gasteiger partial charge in [0.05, 0.1) is 30.4 Å². The lowest BCUT2D eigenvalue weighted by atomic mass is 9.81. The number of hydrogen-bond donors (Lipinski definition) is 3. The number of piperazine rings is 1. The van der Waals surface area contributed by atoms with Crippen LogP contribution in [0.25, 0.3) is 11.0 Å². The molecule has 30 heavy (non-hydrogen) atoms. The Morgan fingerprint density at radius 2 is 2.23 bits per heavy atom. The zero-order chi connectivity index (χ0) is 21.9. The number of fused-ring (bicyclic) bond motifs is 1. The van der Waals surface area contributed by atoms with Crippen molar-refractivity contribution in [1.82, 2.24) is 25.5 Å². The predicted molar refractivity (Wildman–Crippen MR) is 112 cm³/mol. The molecule has 2 aromatic heterocycles. The van der Waals surface area contributed by atoms with Crippen LogP contribution in [0.4, 0.5) is 9.18 Å². The van der Waals surface area contributed by atoms with Crippen molar-refractivity contribution in [2.24, 2.45) is 5.41 Å². The third-order valence-electron chi connectivity index (χ3n) is 5.53. The number of carboxylic acid groups (broad SMARTS) is 1. The van der Waals surface area contributed by atoms with E-state index >= 15 is 0 Å². The maximum Gasteiger partial charge on any atom is 0.404 e. The van der Waals surface area contributed by atoms with Gasteiger partial charge >= 0.3 is 6.09 Å². The number of halogens is 1. The highest BCUT2D eigenvalue weighted by Crippen LogP contribution is 2.25. The van der Waals surface area contributed by atoms with E-state index in [1.807, 2.05) is 20.8 Å². The van der Waals surface area contributed by atoms with E-state index in [9.17, 15) is 14.3 Å². The van der Waals surface area contributed by atoms with Crippen LogP contribution >= 0.6 is 0 Å². The molecule has 3 N–H and O–H groups in total. The van der Waals surface area contributed by atoms with Crippen LogP contribution in [0.15, 0.2) is 18.3 Å². The van der Waals surface area contributed by atoms with Gasteiger partial charge in [-0.2, -0.15) is 0 Å². The smallest absolute Gasteiger partial charge is 0.404 e. The van der Waals surface area contributed by atoms with Crippen molar-refractivity contribution in [3.05, 3.63) is 29.7 Å². The summed E-state index contributed by atoms with van der Waals surface area (Å²) in [7, 11) is 1.53. The van der Waals surface area contributed by atoms with E-state index < -0.39 is 6.09 Å². The first kappa shape index (κ1) is 22.2. The van der Waals surface area contributed by atoms with Gasteiger partial charge in [-0.05, 0) is 17.9 Å². The number of carbonyl (C=O) groups is 1. The SMILES string of the molecule is COc1ccc2ncc(F)c(CCN3CCNC(C(NC(=O)O)C(C)(C)C)C3)c2n1. The second-order valence-corrected chi connectivity index (χ2v) is 8.71. The Kier molecular flexibility index (Phi) is 6.72. The lowest BCUT2D eigenvalue weighted by Gasteiger charge is -2.42. The third kappa shape index (κ3) is 5.14. The van der Waals surface area contributed by atoms with Crippen LogP contribution in [0, 0.1) is 11.2 Å². The van der Waals surface area contributed by atoms with E-state index in [2.05, 4.69) is 25.5 Å². The van der Waals surface area contributed by atoms with Gasteiger partial charge in [0.1, 0.15) is 5.82 Å². The molecule has 0 saturated carbocycles. The Labute approximate surface area is 175 Å². The Hall–Kier alpha value is -2.52. The molecule has 2 aromatic rings. The van der Waals surface area contributed by atoms with E-state index in [-0.39, 0.29) is 23.3 Å². The van der Waals surface area contributed by atoms with Crippen molar-refractivity contribution < 1.29 is 19.0 Å². The lowest BCUT2D eigenvalue weighted by molar-refractivity contribution is 0.121. The van der Waals surface area contributed by atoms with E-state index in [1.54, 1.807) is 12.1 Å². The van der Waals surface area contributed by atoms with Crippen LogP contribution in [0.3, 0.4) is 0 Å². The van der Waals surface area contributed by atoms with Gasteiger partial charge < -0.3 is 25.4 Å². The number of ether oxygens (including phenoxy) is 1. The average molecular weight is 420 g/mol. The molecule has 1 saturated heterocycles. The van der Waals surface area contributed by atoms with Crippen LogP contribution in [0.2, 0.25) is 0 Å². The molecule has 9 heteroatoms. The summed E-state index contributed by atoms with van der Waals surface area (Å²) in [6, 6.07) is 3.20. The fourth-order valence-electron chi connectivity index (χ4n) is 4.02. The molecule has 0 aliphatic carbocycles. The fourth-order valence-corrected chi connectivity index (χ4v) is 4.02. The molecule has 0 bridgehead atoms. The molecule has 164 valence electrons. The van der Waals surface area contributed by atoms with Crippen molar-refractivity contribution in [3.63, 3.8) is 0 Å². The monoisotopic (exact) mass is 419 g/mol. The predicted octanol–water partition coefficient (Wildman–Crippen LogP) is 2.28. The van der Waals surface area contributed by atoms with E-state index in [0.717, 1.165) is 13.1 Å². The van der Waals surface area contributed by atoms with Crippen LogP contribution in [-0.2, 0) is 6.42 Å². The van der Waals surface area contributed by atoms with Gasteiger partial charge in [0.2, 0.25) is 5.88 Å². The van der Waals surface area contributed by atoms with Crippen LogP contribution in [0.1, 0.15) is 26.3 Å². The van der Waals surface area contributed by atoms with Crippen molar-refractivity contribution in [2.45, 2.75) is 39.3 Å². The van der Waals surface area contributed by atoms with Gasteiger partial charge in [-0.3, -0.25) is 4.98 Å². The molecule has 1 aliphatic rings. The summed E-state index contributed by atoms with van der Waals surface area (Å²) in [4.78, 5) is 22.0. The molecule has 2 unspecified atom stereocenters. The standard InChI is InChI=1S/C21H30FN5O3/c1-21(2,3)19(26-20(28)29)16-12-27(10-8-23-16)9-7-13-14(22)11-24-15-5-6-17(30-4)25-18(13)15/h5-6,11,16,19,23,26H,7-10,12H2,1-4H3,(H,28,29). The van der Waals surface area contributed by atoms with Gasteiger partial charge in [0, 0.05) is 43.9 Å². The average Bonchev–Trinajstić information content (AvgIpc) is 2.70. The minimum Gasteiger partial charge on any atom is -0.481 e. The van der Waals surface area contributed by atoms with Crippen molar-refractivity contribution >= 4 is 17.1 Å². The molecular formula is C21H30FN5O3. The maximum atomic E-state index is 14.6. The summed E-state index contributed by atoms with van der Waals surface area (Å²) in [5.41, 5.74) is 1.42. The number of nitrogens with zero attached hydrogens (tertiary/aromatic N) is 3. The molecule has 3 heterocycles. The van der Waals surface area contributed by atoms with Gasteiger partial charge in [0.25, 0.3) is 0 Å². The number of nitrogens with one attached hydrogen (secondary N) is 2. The molecule has 0 radical (unpaired) electrons. The lowest BCUT2D eigenvalue weighted by Crippen LogP contribution is -2.63. The second kappa shape index (κ2) is 9.09. The quantitative estimate of drug-likeness (QED) is 0.661. The highest BCUT2D eigenvalue weighted by molar-refractivity contribution is 5.78. The summed E-state index contributed by atoms with van der Waals surface area (Å²) >= 11 is 0. The highest BCUT2D eigenvalue weighted by Gasteiger charge is 2.36. The molecule has 1 fully saturated rings. The van der Waals surface area contributed by atoms with Crippen molar-refractivity contribution in [2.75, 3.05) is 33.3 Å². The first-order valence-corrected chi connectivity index (χ1v) is 10.1. The van der Waals surface area contributed by atoms with Gasteiger partial charge in [-0.25, -0.2) is 14.2 Å². The normalized spacial score (nSPS) is 18.9. The van der Waals surface area contributed by atoms with E-state index in [0.29, 0.717) is 42.0 Å². The highest BCUT2D eigenvalue weighted by atomic mass is 19.1. The summed E-state index contributed by atoms with van der Waals surface area (Å²) < 4.78 is 19.7. The number of aromatic nitrogens is 2. The third-order valence-corrected chi connectivity index (χ3v) is 5.53. The molecule has 3 rings (SSSR count). The Balaban J connectivity index is 1.74. The topological polar surface area (TPSA) is 99.6 Å². The Morgan fingerprint density at radius 3 is 2.90 bits per heavy atom. The first-order chi connectivity index (χ1) is 14.2. The Bertz CT molecular complexity index is 902. The number of hydrogen-bond acceptors (Lipinski definition) is 6. The number of methoxy groups -OCH3 is 1. The minimum atomic E-state index is -1.03. The maximum absolute atomic E-state index is 14.6. The van der Waals surface area contributed by atoms with Crippen LogP contribution in [0.5, 0.6) is 5.88 Å². The molecule has 0 aromatic carbocycles. The van der Waals surface area contributed by atoms with Gasteiger partial charge in [0.15, 0.2) is 0 Å². The van der Waals surface area contributed by atoms with Crippen molar-refractivity contribution in [1.29, 1.82) is 0 Å². The number of pyridine rings is 2. The summed E-state index contributed by atoms with van der Waals surface area (Å²) in [5, 5.41) is 15.4. The molecule has 8 nitrogen and oxygen atoms in total. The number of amides is 1. The molecule has 1 aliphatic heterocycles. The molecular weight excluding hydrogens is 389 g/mol. The zero-order valence-corrected chi connectivity index (χ0v) is 17.9. The largest absolute Gasteiger partial charge is 0.481 e. The first-order valence-electron chi connectivity index (χ1n) is 10.1. The van der Waals surface area contributed by atoms with Crippen LogP contribution < -0.4 is 15.4 Å². The molecule has 1 amide bonds. The number of rotatable bonds is 6. The van der Waals surface area contributed by atoms with Gasteiger partial charge in [-0.15, -0.1) is 0 Å². The summed E-state index contributed by atoms with van der Waals surface area (Å²) in [5.74, 6) is 0.0428. The van der Waals surface area contributed by atoms with E-state index in [1.165, 1.54) is 13.3 Å². The van der Waals surface area contributed by atoms with Crippen molar-refractivity contribution in [3.8, 4) is 5.88 Å². The van der Waals surface area contributed by atoms with E-state index in [4.69, 9.17) is 4.74 Å². The second-order valence-electron chi connectivity index (χ2n) is 8.71. The Morgan fingerprint density at radius 1 is 1.47 bits per heavy atom. The fraction of sp³-hybridized carbons (Fsp3) is 0.571. The van der Waals surface area contributed by atoms with Gasteiger partial charge in [-0.1, -0.05) is 20.8 Å². The van der Waals surface area contributed by atoms with Crippen LogP contribution in [-0.4, -0.2) is 71.4 Å². The molecule has 2 atom stereocenters. The minimum absolute atomic E-state index is 0.0351.